The molecule has 0 aliphatic carbocycles. The van der Waals surface area contributed by atoms with E-state index in [1.807, 2.05) is 29.2 Å². The van der Waals surface area contributed by atoms with Crippen molar-refractivity contribution in [1.82, 2.24) is 9.88 Å². The van der Waals surface area contributed by atoms with Crippen LogP contribution in [0.2, 0.25) is 0 Å². The van der Waals surface area contributed by atoms with Crippen LogP contribution in [0.5, 0.6) is 0 Å². The van der Waals surface area contributed by atoms with E-state index in [2.05, 4.69) is 48.4 Å². The Morgan fingerprint density at radius 1 is 1.04 bits per heavy atom. The molecule has 0 atom stereocenters. The van der Waals surface area contributed by atoms with Crippen molar-refractivity contribution in [3.63, 3.8) is 0 Å². The number of nitrogens with zero attached hydrogens (tertiary/aromatic N) is 1. The molecule has 3 aromatic rings. The van der Waals surface area contributed by atoms with Gasteiger partial charge in [0, 0.05) is 36.6 Å². The number of para-hydroxylation sites is 1. The van der Waals surface area contributed by atoms with Gasteiger partial charge in [0.2, 0.25) is 5.91 Å². The minimum atomic E-state index is 0.255. The minimum absolute atomic E-state index is 0.255. The van der Waals surface area contributed by atoms with Gasteiger partial charge in [-0.3, -0.25) is 4.79 Å². The molecule has 1 aromatic heterocycles. The molecule has 1 amide bonds. The second-order valence-electron chi connectivity index (χ2n) is 6.51. The largest absolute Gasteiger partial charge is 0.361 e. The van der Waals surface area contributed by atoms with E-state index < -0.39 is 0 Å². The lowest BCUT2D eigenvalue weighted by Crippen LogP contribution is -2.32. The van der Waals surface area contributed by atoms with Crippen molar-refractivity contribution in [3.8, 4) is 0 Å². The van der Waals surface area contributed by atoms with Gasteiger partial charge in [-0.1, -0.05) is 61.9 Å². The number of nitrogens with one attached hydrogen (secondary N) is 1. The Kier molecular flexibility index (Phi) is 5.89. The zero-order chi connectivity index (χ0) is 17.5. The summed E-state index contributed by atoms with van der Waals surface area (Å²) in [6.07, 6.45) is 5.58. The highest BCUT2D eigenvalue weighted by atomic mass is 16.2. The molecule has 0 fully saturated rings. The maximum atomic E-state index is 12.6. The fraction of sp³-hybridized carbons (Fsp3) is 0.318. The van der Waals surface area contributed by atoms with Gasteiger partial charge < -0.3 is 9.88 Å². The third-order valence-electron chi connectivity index (χ3n) is 4.64. The average molecular weight is 334 g/mol. The number of rotatable bonds is 8. The first-order valence-electron chi connectivity index (χ1n) is 9.14. The van der Waals surface area contributed by atoms with Crippen molar-refractivity contribution in [2.75, 3.05) is 6.54 Å². The van der Waals surface area contributed by atoms with Crippen LogP contribution in [-0.2, 0) is 17.8 Å². The SMILES string of the molecule is CCCCC(=O)N(CCc1c[nH]c2ccccc12)Cc1ccccc1. The number of fused-ring (bicyclic) bond motifs is 1. The first kappa shape index (κ1) is 17.3. The van der Waals surface area contributed by atoms with Crippen LogP contribution in [0, 0.1) is 0 Å². The first-order valence-corrected chi connectivity index (χ1v) is 9.14. The average Bonchev–Trinajstić information content (AvgIpc) is 3.07. The molecule has 0 saturated heterocycles. The highest BCUT2D eigenvalue weighted by molar-refractivity contribution is 5.83. The van der Waals surface area contributed by atoms with Crippen molar-refractivity contribution in [3.05, 3.63) is 71.9 Å². The van der Waals surface area contributed by atoms with Gasteiger partial charge in [0.25, 0.3) is 0 Å². The Bertz CT molecular complexity index is 807. The number of aromatic nitrogens is 1. The molecule has 0 saturated carbocycles. The fourth-order valence-electron chi connectivity index (χ4n) is 3.18. The number of carbonyl (C=O) groups excluding carboxylic acids is 1. The van der Waals surface area contributed by atoms with Crippen LogP contribution in [0.15, 0.2) is 60.8 Å². The van der Waals surface area contributed by atoms with E-state index >= 15 is 0 Å². The number of benzene rings is 2. The van der Waals surface area contributed by atoms with E-state index in [9.17, 15) is 4.79 Å². The fourth-order valence-corrected chi connectivity index (χ4v) is 3.18. The summed E-state index contributed by atoms with van der Waals surface area (Å²) in [7, 11) is 0. The lowest BCUT2D eigenvalue weighted by atomic mass is 10.1. The number of unbranched alkanes of at least 4 members (excludes halogenated alkanes) is 1. The van der Waals surface area contributed by atoms with Gasteiger partial charge in [-0.2, -0.15) is 0 Å². The zero-order valence-electron chi connectivity index (χ0n) is 14.9. The molecular formula is C22H26N2O. The van der Waals surface area contributed by atoms with Crippen LogP contribution < -0.4 is 0 Å². The molecule has 2 aromatic carbocycles. The summed E-state index contributed by atoms with van der Waals surface area (Å²) in [6, 6.07) is 18.6. The molecule has 0 unspecified atom stereocenters. The van der Waals surface area contributed by atoms with E-state index in [1.165, 1.54) is 16.5 Å². The van der Waals surface area contributed by atoms with Crippen molar-refractivity contribution >= 4 is 16.8 Å². The Labute approximate surface area is 149 Å². The number of aromatic amines is 1. The predicted octanol–water partition coefficient (Wildman–Crippen LogP) is 4.93. The number of hydrogen-bond donors (Lipinski definition) is 1. The predicted molar refractivity (Wildman–Crippen MR) is 103 cm³/mol. The van der Waals surface area contributed by atoms with Gasteiger partial charge in [0.15, 0.2) is 0 Å². The molecule has 0 spiro atoms. The van der Waals surface area contributed by atoms with Gasteiger partial charge in [0.1, 0.15) is 0 Å². The number of carbonyl (C=O) groups is 1. The maximum Gasteiger partial charge on any atom is 0.222 e. The molecule has 130 valence electrons. The molecule has 3 heteroatoms. The smallest absolute Gasteiger partial charge is 0.222 e. The van der Waals surface area contributed by atoms with E-state index in [0.717, 1.165) is 31.3 Å². The van der Waals surface area contributed by atoms with Crippen molar-refractivity contribution in [2.24, 2.45) is 0 Å². The van der Waals surface area contributed by atoms with Crippen LogP contribution in [0.25, 0.3) is 10.9 Å². The normalized spacial score (nSPS) is 10.9. The minimum Gasteiger partial charge on any atom is -0.361 e. The Hall–Kier alpha value is -2.55. The van der Waals surface area contributed by atoms with Crippen molar-refractivity contribution in [2.45, 2.75) is 39.2 Å². The molecular weight excluding hydrogens is 308 g/mol. The first-order chi connectivity index (χ1) is 12.3. The second-order valence-corrected chi connectivity index (χ2v) is 6.51. The standard InChI is InChI=1S/C22H26N2O/c1-2-3-13-22(25)24(17-18-9-5-4-6-10-18)15-14-19-16-23-21-12-8-7-11-20(19)21/h4-12,16,23H,2-3,13-15,17H2,1H3. The maximum absolute atomic E-state index is 12.6. The van der Waals surface area contributed by atoms with Crippen LogP contribution in [0.1, 0.15) is 37.3 Å². The topological polar surface area (TPSA) is 36.1 Å². The Morgan fingerprint density at radius 3 is 2.60 bits per heavy atom. The second kappa shape index (κ2) is 8.52. The molecule has 3 rings (SSSR count). The summed E-state index contributed by atoms with van der Waals surface area (Å²) in [6.45, 7) is 3.56. The van der Waals surface area contributed by atoms with Crippen LogP contribution >= 0.6 is 0 Å². The summed E-state index contributed by atoms with van der Waals surface area (Å²) in [5.41, 5.74) is 3.62. The zero-order valence-corrected chi connectivity index (χ0v) is 14.9. The summed E-state index contributed by atoms with van der Waals surface area (Å²) >= 11 is 0. The summed E-state index contributed by atoms with van der Waals surface area (Å²) in [5, 5.41) is 1.25. The number of H-pyrrole nitrogens is 1. The summed E-state index contributed by atoms with van der Waals surface area (Å²) in [4.78, 5) is 18.0. The number of hydrogen-bond acceptors (Lipinski definition) is 1. The molecule has 0 aliphatic heterocycles. The van der Waals surface area contributed by atoms with Crippen LogP contribution in [0.3, 0.4) is 0 Å². The Morgan fingerprint density at radius 2 is 1.80 bits per heavy atom. The van der Waals surface area contributed by atoms with E-state index in [-0.39, 0.29) is 5.91 Å². The van der Waals surface area contributed by atoms with Crippen molar-refractivity contribution in [1.29, 1.82) is 0 Å². The molecule has 0 aliphatic rings. The molecule has 0 bridgehead atoms. The van der Waals surface area contributed by atoms with Gasteiger partial charge in [0.05, 0.1) is 0 Å². The van der Waals surface area contributed by atoms with Gasteiger partial charge in [-0.15, -0.1) is 0 Å². The lowest BCUT2D eigenvalue weighted by molar-refractivity contribution is -0.131. The van der Waals surface area contributed by atoms with Crippen molar-refractivity contribution < 1.29 is 4.79 Å². The molecule has 1 heterocycles. The van der Waals surface area contributed by atoms with E-state index in [0.29, 0.717) is 13.0 Å². The highest BCUT2D eigenvalue weighted by Gasteiger charge is 2.14. The molecule has 25 heavy (non-hydrogen) atoms. The van der Waals surface area contributed by atoms with E-state index in [4.69, 9.17) is 0 Å². The lowest BCUT2D eigenvalue weighted by Gasteiger charge is -2.23. The van der Waals surface area contributed by atoms with Gasteiger partial charge in [-0.25, -0.2) is 0 Å². The highest BCUT2D eigenvalue weighted by Crippen LogP contribution is 2.19. The quantitative estimate of drug-likeness (QED) is 0.623. The molecule has 3 nitrogen and oxygen atoms in total. The molecule has 0 radical (unpaired) electrons. The third kappa shape index (κ3) is 4.50. The summed E-state index contributed by atoms with van der Waals surface area (Å²) in [5.74, 6) is 0.255. The van der Waals surface area contributed by atoms with Gasteiger partial charge in [-0.05, 0) is 30.0 Å². The van der Waals surface area contributed by atoms with Gasteiger partial charge >= 0.3 is 0 Å². The summed E-state index contributed by atoms with van der Waals surface area (Å²) < 4.78 is 0. The number of amides is 1. The monoisotopic (exact) mass is 334 g/mol. The van der Waals surface area contributed by atoms with E-state index in [1.54, 1.807) is 0 Å². The van der Waals surface area contributed by atoms with Crippen LogP contribution in [0.4, 0.5) is 0 Å². The van der Waals surface area contributed by atoms with Crippen LogP contribution in [-0.4, -0.2) is 22.3 Å². The Balaban J connectivity index is 1.71. The molecule has 1 N–H and O–H groups in total. The third-order valence-corrected chi connectivity index (χ3v) is 4.64.